The van der Waals surface area contributed by atoms with Gasteiger partial charge in [-0.3, -0.25) is 4.79 Å². The van der Waals surface area contributed by atoms with Gasteiger partial charge in [0, 0.05) is 0 Å². The predicted molar refractivity (Wildman–Crippen MR) is 54.5 cm³/mol. The summed E-state index contributed by atoms with van der Waals surface area (Å²) in [4.78, 5) is 11.0. The highest BCUT2D eigenvalue weighted by molar-refractivity contribution is 5.78. The molecule has 3 heteroatoms. The van der Waals surface area contributed by atoms with Crippen molar-refractivity contribution in [3.05, 3.63) is 24.3 Å². The molecule has 0 aromatic rings. The van der Waals surface area contributed by atoms with Gasteiger partial charge in [0.1, 0.15) is 0 Å². The lowest BCUT2D eigenvalue weighted by atomic mass is 9.78. The molecule has 0 saturated carbocycles. The molecule has 0 bridgehead atoms. The number of carboxylic acid groups (broad SMARTS) is 1. The molecule has 0 rings (SSSR count). The quantitative estimate of drug-likeness (QED) is 0.682. The summed E-state index contributed by atoms with van der Waals surface area (Å²) in [7, 11) is 0. The van der Waals surface area contributed by atoms with Gasteiger partial charge in [-0.05, 0) is 26.7 Å². The molecule has 0 aromatic heterocycles. The number of aliphatic carboxylic acids is 1. The molecule has 3 nitrogen and oxygen atoms in total. The van der Waals surface area contributed by atoms with Crippen molar-refractivity contribution in [2.75, 3.05) is 0 Å². The van der Waals surface area contributed by atoms with Gasteiger partial charge in [-0.2, -0.15) is 5.26 Å². The average molecular weight is 193 g/mol. The second-order valence-electron chi connectivity index (χ2n) is 3.77. The molecule has 0 heterocycles. The van der Waals surface area contributed by atoms with Crippen LogP contribution in [0.1, 0.15) is 26.7 Å². The Kier molecular flexibility index (Phi) is 4.10. The molecule has 0 aromatic carbocycles. The van der Waals surface area contributed by atoms with Crippen LogP contribution in [0, 0.1) is 16.7 Å². The standard InChI is InChI=1S/C11H15NO2/c1-8(2)5-11(7-12,10(13)14)6-9(3)4/h1,3,5-6H2,2,4H3,(H,13,14). The van der Waals surface area contributed by atoms with E-state index >= 15 is 0 Å². The minimum Gasteiger partial charge on any atom is -0.480 e. The van der Waals surface area contributed by atoms with Gasteiger partial charge >= 0.3 is 5.97 Å². The zero-order valence-electron chi connectivity index (χ0n) is 8.63. The molecule has 0 aliphatic rings. The lowest BCUT2D eigenvalue weighted by Gasteiger charge is -2.21. The van der Waals surface area contributed by atoms with E-state index in [2.05, 4.69) is 13.2 Å². The molecule has 0 unspecified atom stereocenters. The van der Waals surface area contributed by atoms with Crippen LogP contribution in [-0.2, 0) is 4.79 Å². The Morgan fingerprint density at radius 1 is 1.36 bits per heavy atom. The highest BCUT2D eigenvalue weighted by atomic mass is 16.4. The first-order valence-corrected chi connectivity index (χ1v) is 4.27. The zero-order chi connectivity index (χ0) is 11.4. The van der Waals surface area contributed by atoms with Crippen molar-refractivity contribution in [3.63, 3.8) is 0 Å². The summed E-state index contributed by atoms with van der Waals surface area (Å²) in [6, 6.07) is 1.86. The van der Waals surface area contributed by atoms with Crippen molar-refractivity contribution < 1.29 is 9.90 Å². The Morgan fingerprint density at radius 3 is 1.86 bits per heavy atom. The summed E-state index contributed by atoms with van der Waals surface area (Å²) in [5.74, 6) is -1.11. The molecule has 0 aliphatic heterocycles. The maximum absolute atomic E-state index is 11.0. The van der Waals surface area contributed by atoms with Gasteiger partial charge in [0.25, 0.3) is 0 Å². The summed E-state index contributed by atoms with van der Waals surface area (Å²) < 4.78 is 0. The van der Waals surface area contributed by atoms with Gasteiger partial charge in [-0.25, -0.2) is 0 Å². The molecule has 0 aliphatic carbocycles. The Bertz CT molecular complexity index is 294. The molecule has 0 spiro atoms. The molecular formula is C11H15NO2. The second-order valence-corrected chi connectivity index (χ2v) is 3.77. The normalized spacial score (nSPS) is 10.4. The van der Waals surface area contributed by atoms with Gasteiger partial charge in [-0.1, -0.05) is 11.1 Å². The first-order valence-electron chi connectivity index (χ1n) is 4.27. The van der Waals surface area contributed by atoms with Gasteiger partial charge < -0.3 is 5.11 Å². The minimum absolute atomic E-state index is 0.172. The molecule has 1 N–H and O–H groups in total. The molecule has 0 atom stereocenters. The fourth-order valence-electron chi connectivity index (χ4n) is 1.37. The molecule has 0 fully saturated rings. The van der Waals surface area contributed by atoms with E-state index in [0.717, 1.165) is 0 Å². The Balaban J connectivity index is 5.00. The van der Waals surface area contributed by atoms with Crippen LogP contribution in [0.3, 0.4) is 0 Å². The lowest BCUT2D eigenvalue weighted by molar-refractivity contribution is -0.145. The van der Waals surface area contributed by atoms with Crippen LogP contribution in [0.2, 0.25) is 0 Å². The van der Waals surface area contributed by atoms with Crippen LogP contribution < -0.4 is 0 Å². The molecular weight excluding hydrogens is 178 g/mol. The summed E-state index contributed by atoms with van der Waals surface area (Å²) in [5.41, 5.74) is -0.0112. The van der Waals surface area contributed by atoms with E-state index in [0.29, 0.717) is 11.1 Å². The zero-order valence-corrected chi connectivity index (χ0v) is 8.63. The van der Waals surface area contributed by atoms with Crippen LogP contribution in [0.4, 0.5) is 0 Å². The molecule has 76 valence electrons. The molecule has 0 radical (unpaired) electrons. The molecule has 0 saturated heterocycles. The van der Waals surface area contributed by atoms with Crippen molar-refractivity contribution in [3.8, 4) is 6.07 Å². The molecule has 0 amide bonds. The lowest BCUT2D eigenvalue weighted by Crippen LogP contribution is -2.29. The van der Waals surface area contributed by atoms with Crippen molar-refractivity contribution in [2.24, 2.45) is 5.41 Å². The first kappa shape index (κ1) is 12.4. The highest BCUT2D eigenvalue weighted by Gasteiger charge is 2.38. The number of carboxylic acids is 1. The topological polar surface area (TPSA) is 61.1 Å². The van der Waals surface area contributed by atoms with Crippen LogP contribution in [0.25, 0.3) is 0 Å². The Morgan fingerprint density at radius 2 is 1.71 bits per heavy atom. The van der Waals surface area contributed by atoms with E-state index in [1.54, 1.807) is 13.8 Å². The van der Waals surface area contributed by atoms with Crippen molar-refractivity contribution in [2.45, 2.75) is 26.7 Å². The van der Waals surface area contributed by atoms with E-state index in [1.807, 2.05) is 6.07 Å². The third-order valence-corrected chi connectivity index (χ3v) is 1.83. The fourth-order valence-corrected chi connectivity index (χ4v) is 1.37. The maximum atomic E-state index is 11.0. The number of nitrogens with zero attached hydrogens (tertiary/aromatic N) is 1. The number of rotatable bonds is 5. The SMILES string of the molecule is C=C(C)CC(C#N)(CC(=C)C)C(=O)O. The van der Waals surface area contributed by atoms with Gasteiger partial charge in [0.15, 0.2) is 5.41 Å². The largest absolute Gasteiger partial charge is 0.480 e. The van der Waals surface area contributed by atoms with E-state index in [9.17, 15) is 4.79 Å². The number of carbonyl (C=O) groups is 1. The van der Waals surface area contributed by atoms with Gasteiger partial charge in [0.05, 0.1) is 6.07 Å². The summed E-state index contributed by atoms with van der Waals surface area (Å²) in [6.07, 6.45) is 0.345. The minimum atomic E-state index is -1.39. The van der Waals surface area contributed by atoms with Gasteiger partial charge in [-0.15, -0.1) is 13.2 Å². The highest BCUT2D eigenvalue weighted by Crippen LogP contribution is 2.32. The number of allylic oxidation sites excluding steroid dienone is 2. The monoisotopic (exact) mass is 193 g/mol. The Labute approximate surface area is 84.4 Å². The third-order valence-electron chi connectivity index (χ3n) is 1.83. The van der Waals surface area contributed by atoms with Crippen molar-refractivity contribution >= 4 is 5.97 Å². The van der Waals surface area contributed by atoms with Crippen LogP contribution in [-0.4, -0.2) is 11.1 Å². The Hall–Kier alpha value is -1.56. The smallest absolute Gasteiger partial charge is 0.324 e. The van der Waals surface area contributed by atoms with Crippen LogP contribution in [0.15, 0.2) is 24.3 Å². The summed E-state index contributed by atoms with van der Waals surface area (Å²) >= 11 is 0. The summed E-state index contributed by atoms with van der Waals surface area (Å²) in [5, 5.41) is 17.9. The van der Waals surface area contributed by atoms with Crippen LogP contribution in [0.5, 0.6) is 0 Å². The van der Waals surface area contributed by atoms with Crippen molar-refractivity contribution in [1.29, 1.82) is 5.26 Å². The van der Waals surface area contributed by atoms with Crippen LogP contribution >= 0.6 is 0 Å². The van der Waals surface area contributed by atoms with Crippen molar-refractivity contribution in [1.82, 2.24) is 0 Å². The average Bonchev–Trinajstić information content (AvgIpc) is 2.00. The van der Waals surface area contributed by atoms with E-state index in [1.165, 1.54) is 0 Å². The van der Waals surface area contributed by atoms with Gasteiger partial charge in [0.2, 0.25) is 0 Å². The second kappa shape index (κ2) is 4.61. The van der Waals surface area contributed by atoms with E-state index < -0.39 is 11.4 Å². The maximum Gasteiger partial charge on any atom is 0.324 e. The third kappa shape index (κ3) is 3.06. The van der Waals surface area contributed by atoms with E-state index in [4.69, 9.17) is 10.4 Å². The summed E-state index contributed by atoms with van der Waals surface area (Å²) in [6.45, 7) is 10.7. The first-order chi connectivity index (χ1) is 6.34. The molecule has 14 heavy (non-hydrogen) atoms. The number of hydrogen-bond donors (Lipinski definition) is 1. The predicted octanol–water partition coefficient (Wildman–Crippen LogP) is 2.51. The number of hydrogen-bond acceptors (Lipinski definition) is 2. The fraction of sp³-hybridized carbons (Fsp3) is 0.455. The van der Waals surface area contributed by atoms with E-state index in [-0.39, 0.29) is 12.8 Å². The number of nitriles is 1.